The smallest absolute Gasteiger partial charge is 0.335 e. The second-order valence-electron chi connectivity index (χ2n) is 6.19. The summed E-state index contributed by atoms with van der Waals surface area (Å²) in [7, 11) is 0. The lowest BCUT2D eigenvalue weighted by Gasteiger charge is -2.01. The van der Waals surface area contributed by atoms with Crippen LogP contribution in [0.1, 0.15) is 16.1 Å². The van der Waals surface area contributed by atoms with Crippen molar-refractivity contribution in [1.29, 1.82) is 0 Å². The number of imidazole rings is 1. The topological polar surface area (TPSA) is 104 Å². The van der Waals surface area contributed by atoms with Crippen molar-refractivity contribution >= 4 is 18.6 Å². The van der Waals surface area contributed by atoms with Gasteiger partial charge in [-0.15, -0.1) is 0 Å². The Hall–Kier alpha value is -4.13. The third-order valence-electron chi connectivity index (χ3n) is 4.32. The summed E-state index contributed by atoms with van der Waals surface area (Å²) in [6, 6.07) is 15.7. The molecule has 0 unspecified atom stereocenters. The Labute approximate surface area is 158 Å². The van der Waals surface area contributed by atoms with Gasteiger partial charge in [0.1, 0.15) is 5.82 Å². The van der Waals surface area contributed by atoms with Crippen molar-refractivity contribution in [3.8, 4) is 17.1 Å². The molecule has 0 amide bonds. The molecule has 0 aliphatic rings. The Morgan fingerprint density at radius 3 is 2.50 bits per heavy atom. The summed E-state index contributed by atoms with van der Waals surface area (Å²) >= 11 is 0. The fraction of sp³-hybridized carbons (Fsp3) is 0. The molecule has 4 aromatic rings. The van der Waals surface area contributed by atoms with Crippen molar-refractivity contribution in [2.45, 2.75) is 0 Å². The molecule has 0 saturated carbocycles. The molecule has 4 rings (SSSR count). The van der Waals surface area contributed by atoms with Gasteiger partial charge in [-0.2, -0.15) is 0 Å². The largest absolute Gasteiger partial charge is 0.478 e. The van der Waals surface area contributed by atoms with Crippen molar-refractivity contribution in [1.82, 2.24) is 19.7 Å². The van der Waals surface area contributed by atoms with Crippen LogP contribution in [0, 0.1) is 0 Å². The Morgan fingerprint density at radius 1 is 1.11 bits per heavy atom. The molecule has 7 heteroatoms. The lowest BCUT2D eigenvalue weighted by molar-refractivity contribution is 0.0697. The summed E-state index contributed by atoms with van der Waals surface area (Å²) in [5, 5.41) is 12.8. The number of carbonyl (C=O) groups is 1. The minimum atomic E-state index is -1.02. The molecule has 7 nitrogen and oxygen atoms in total. The van der Waals surface area contributed by atoms with E-state index in [4.69, 9.17) is 5.11 Å². The second kappa shape index (κ2) is 6.88. The van der Waals surface area contributed by atoms with E-state index >= 15 is 0 Å². The third kappa shape index (κ3) is 3.16. The number of hydrogen-bond donors (Lipinski definition) is 3. The number of rotatable bonds is 4. The van der Waals surface area contributed by atoms with E-state index in [-0.39, 0.29) is 11.1 Å². The first-order chi connectivity index (χ1) is 13.5. The van der Waals surface area contributed by atoms with Crippen LogP contribution in [0.2, 0.25) is 0 Å². The molecule has 0 bridgehead atoms. The van der Waals surface area contributed by atoms with Gasteiger partial charge >= 0.3 is 5.97 Å². The number of carboxylic acid groups (broad SMARTS) is 1. The lowest BCUT2D eigenvalue weighted by Crippen LogP contribution is -2.34. The summed E-state index contributed by atoms with van der Waals surface area (Å²) < 4.78 is 1.33. The van der Waals surface area contributed by atoms with Gasteiger partial charge in [0.2, 0.25) is 0 Å². The Balaban J connectivity index is 1.74. The van der Waals surface area contributed by atoms with Crippen molar-refractivity contribution in [3.63, 3.8) is 0 Å². The van der Waals surface area contributed by atoms with E-state index in [1.165, 1.54) is 16.8 Å². The predicted octanol–water partition coefficient (Wildman–Crippen LogP) is 1.49. The van der Waals surface area contributed by atoms with Crippen LogP contribution in [0.5, 0.6) is 0 Å². The molecule has 2 aromatic heterocycles. The molecule has 0 fully saturated rings. The standard InChI is InChI=1S/C21H16N4O3/c1-13-18(11-16-12-22-19(23-16)14-5-3-2-4-6-14)20(26)25(24-13)17-9-7-15(8-10-17)21(27)28/h2-12,24H,1H2,(H,22,23)(H,27,28). The van der Waals surface area contributed by atoms with E-state index in [2.05, 4.69) is 21.6 Å². The van der Waals surface area contributed by atoms with Gasteiger partial charge in [-0.25, -0.2) is 14.5 Å². The van der Waals surface area contributed by atoms with Gasteiger partial charge in [0.05, 0.1) is 33.7 Å². The van der Waals surface area contributed by atoms with Crippen LogP contribution in [0.25, 0.3) is 29.7 Å². The number of aromatic nitrogens is 4. The summed E-state index contributed by atoms with van der Waals surface area (Å²) in [4.78, 5) is 31.3. The Bertz CT molecular complexity index is 1310. The lowest BCUT2D eigenvalue weighted by atomic mass is 10.2. The summed E-state index contributed by atoms with van der Waals surface area (Å²) in [5.41, 5.74) is 2.00. The van der Waals surface area contributed by atoms with Gasteiger partial charge in [0.25, 0.3) is 5.56 Å². The fourth-order valence-electron chi connectivity index (χ4n) is 2.89. The molecule has 2 aromatic carbocycles. The maximum atomic E-state index is 12.8. The molecule has 2 heterocycles. The van der Waals surface area contributed by atoms with Crippen LogP contribution >= 0.6 is 0 Å². The highest BCUT2D eigenvalue weighted by Gasteiger charge is 2.08. The van der Waals surface area contributed by atoms with Crippen LogP contribution in [-0.2, 0) is 0 Å². The van der Waals surface area contributed by atoms with Crippen LogP contribution in [0.15, 0.2) is 65.6 Å². The van der Waals surface area contributed by atoms with Gasteiger partial charge in [-0.3, -0.25) is 9.89 Å². The summed E-state index contributed by atoms with van der Waals surface area (Å²) in [6.07, 6.45) is 3.34. The molecule has 28 heavy (non-hydrogen) atoms. The average molecular weight is 372 g/mol. The highest BCUT2D eigenvalue weighted by atomic mass is 16.4. The molecule has 0 saturated heterocycles. The molecule has 138 valence electrons. The van der Waals surface area contributed by atoms with E-state index < -0.39 is 5.97 Å². The highest BCUT2D eigenvalue weighted by Crippen LogP contribution is 2.14. The summed E-state index contributed by atoms with van der Waals surface area (Å²) in [5.74, 6) is -0.316. The van der Waals surface area contributed by atoms with Gasteiger partial charge < -0.3 is 10.1 Å². The third-order valence-corrected chi connectivity index (χ3v) is 4.32. The zero-order valence-electron chi connectivity index (χ0n) is 14.7. The van der Waals surface area contributed by atoms with E-state index in [1.54, 1.807) is 24.4 Å². The van der Waals surface area contributed by atoms with Crippen molar-refractivity contribution in [3.05, 3.63) is 93.0 Å². The highest BCUT2D eigenvalue weighted by molar-refractivity contribution is 5.87. The van der Waals surface area contributed by atoms with Gasteiger partial charge in [0.15, 0.2) is 0 Å². The van der Waals surface area contributed by atoms with Gasteiger partial charge in [-0.1, -0.05) is 36.9 Å². The predicted molar refractivity (Wildman–Crippen MR) is 106 cm³/mol. The van der Waals surface area contributed by atoms with Crippen molar-refractivity contribution in [2.24, 2.45) is 0 Å². The summed E-state index contributed by atoms with van der Waals surface area (Å²) in [6.45, 7) is 3.90. The fourth-order valence-corrected chi connectivity index (χ4v) is 2.89. The number of nitrogens with one attached hydrogen (secondary N) is 2. The van der Waals surface area contributed by atoms with E-state index in [0.717, 1.165) is 5.56 Å². The molecule has 0 aliphatic carbocycles. The maximum absolute atomic E-state index is 12.8. The zero-order chi connectivity index (χ0) is 19.7. The first-order valence-electron chi connectivity index (χ1n) is 8.49. The number of carboxylic acids is 1. The minimum absolute atomic E-state index is 0.149. The maximum Gasteiger partial charge on any atom is 0.335 e. The molecule has 0 spiro atoms. The van der Waals surface area contributed by atoms with Crippen molar-refractivity contribution in [2.75, 3.05) is 0 Å². The molecule has 0 radical (unpaired) electrons. The average Bonchev–Trinajstić information content (AvgIpc) is 3.29. The number of hydrogen-bond acceptors (Lipinski definition) is 3. The molecular weight excluding hydrogens is 356 g/mol. The molecule has 3 N–H and O–H groups in total. The first kappa shape index (κ1) is 17.3. The quantitative estimate of drug-likeness (QED) is 0.505. The number of aromatic carboxylic acids is 1. The molecular formula is C21H16N4O3. The Morgan fingerprint density at radius 2 is 1.82 bits per heavy atom. The van der Waals surface area contributed by atoms with E-state index in [9.17, 15) is 9.59 Å². The van der Waals surface area contributed by atoms with Crippen molar-refractivity contribution < 1.29 is 9.90 Å². The van der Waals surface area contributed by atoms with Crippen LogP contribution in [-0.4, -0.2) is 30.8 Å². The number of H-pyrrole nitrogens is 2. The zero-order valence-corrected chi connectivity index (χ0v) is 14.7. The minimum Gasteiger partial charge on any atom is -0.478 e. The van der Waals surface area contributed by atoms with Crippen LogP contribution < -0.4 is 16.1 Å². The SMILES string of the molecule is C=c1[nH]n(-c2ccc(C(=O)O)cc2)c(=O)c1=Cc1cnc(-c2ccccc2)[nH]1. The van der Waals surface area contributed by atoms with E-state index in [1.807, 2.05) is 30.3 Å². The Kier molecular flexibility index (Phi) is 4.25. The number of aromatic amines is 2. The van der Waals surface area contributed by atoms with Crippen LogP contribution in [0.3, 0.4) is 0 Å². The monoisotopic (exact) mass is 372 g/mol. The molecule has 0 atom stereocenters. The van der Waals surface area contributed by atoms with Crippen LogP contribution in [0.4, 0.5) is 0 Å². The van der Waals surface area contributed by atoms with E-state index in [0.29, 0.717) is 27.8 Å². The number of benzene rings is 2. The second-order valence-corrected chi connectivity index (χ2v) is 6.19. The van der Waals surface area contributed by atoms with Gasteiger partial charge in [0, 0.05) is 5.56 Å². The normalized spacial score (nSPS) is 11.6. The molecule has 0 aliphatic heterocycles. The number of nitrogens with zero attached hydrogens (tertiary/aromatic N) is 2. The van der Waals surface area contributed by atoms with Gasteiger partial charge in [-0.05, 0) is 30.3 Å². The first-order valence-corrected chi connectivity index (χ1v) is 8.49.